The summed E-state index contributed by atoms with van der Waals surface area (Å²) in [6, 6.07) is 11.8. The minimum atomic E-state index is -0.705. The Morgan fingerprint density at radius 2 is 1.97 bits per heavy atom. The Kier molecular flexibility index (Phi) is 6.31. The highest BCUT2D eigenvalue weighted by Gasteiger charge is 2.17. The Morgan fingerprint density at radius 1 is 1.24 bits per heavy atom. The predicted octanol–water partition coefficient (Wildman–Crippen LogP) is 2.48. The third kappa shape index (κ3) is 4.47. The molecular formula is C22H24N2O5. The molecule has 0 fully saturated rings. The molecule has 1 amide bonds. The van der Waals surface area contributed by atoms with Crippen LogP contribution >= 0.6 is 0 Å². The number of aryl methyl sites for hydroxylation is 1. The number of methoxy groups -OCH3 is 1. The Hall–Kier alpha value is -3.16. The molecule has 0 bridgehead atoms. The molecule has 7 heteroatoms. The molecule has 0 aliphatic heterocycles. The van der Waals surface area contributed by atoms with Crippen LogP contribution in [0, 0.1) is 0 Å². The van der Waals surface area contributed by atoms with E-state index in [2.05, 4.69) is 5.32 Å². The van der Waals surface area contributed by atoms with E-state index in [0.717, 1.165) is 11.1 Å². The summed E-state index contributed by atoms with van der Waals surface area (Å²) in [6.07, 6.45) is 1.16. The van der Waals surface area contributed by atoms with Gasteiger partial charge in [0, 0.05) is 22.7 Å². The van der Waals surface area contributed by atoms with Crippen LogP contribution < -0.4 is 21.4 Å². The minimum Gasteiger partial charge on any atom is -0.496 e. The van der Waals surface area contributed by atoms with Crippen molar-refractivity contribution in [1.29, 1.82) is 0 Å². The lowest BCUT2D eigenvalue weighted by atomic mass is 10.1. The zero-order valence-electron chi connectivity index (χ0n) is 16.4. The van der Waals surface area contributed by atoms with Gasteiger partial charge in [0.2, 0.25) is 0 Å². The summed E-state index contributed by atoms with van der Waals surface area (Å²) in [7, 11) is 1.56. The standard InChI is InChI=1S/C22H24N2O5/c1-3-17-19(28-2)9-6-14-11-18(22(27)29-20(14)17)21(26)24-16-7-4-13(5-8-16)10-15(23)12-25/h4-9,11,15,25H,3,10,12,23H2,1-2H3,(H,24,26)/t15-/m1/s1. The second-order valence-electron chi connectivity index (χ2n) is 6.76. The summed E-state index contributed by atoms with van der Waals surface area (Å²) < 4.78 is 10.8. The van der Waals surface area contributed by atoms with E-state index in [9.17, 15) is 9.59 Å². The zero-order chi connectivity index (χ0) is 21.0. The van der Waals surface area contributed by atoms with Gasteiger partial charge in [0.05, 0.1) is 13.7 Å². The lowest BCUT2D eigenvalue weighted by Gasteiger charge is -2.11. The Bertz CT molecular complexity index is 1070. The molecule has 3 rings (SSSR count). The molecule has 29 heavy (non-hydrogen) atoms. The molecule has 0 saturated carbocycles. The number of anilines is 1. The predicted molar refractivity (Wildman–Crippen MR) is 112 cm³/mol. The topological polar surface area (TPSA) is 115 Å². The van der Waals surface area contributed by atoms with Crippen LogP contribution in [0.5, 0.6) is 5.75 Å². The molecule has 0 spiro atoms. The number of ether oxygens (including phenoxy) is 1. The van der Waals surface area contributed by atoms with Crippen LogP contribution in [0.4, 0.5) is 5.69 Å². The molecule has 0 saturated heterocycles. The van der Waals surface area contributed by atoms with E-state index in [0.29, 0.717) is 35.2 Å². The molecule has 152 valence electrons. The maximum atomic E-state index is 12.6. The molecule has 4 N–H and O–H groups in total. The molecule has 1 aromatic heterocycles. The number of nitrogens with two attached hydrogens (primary N) is 1. The van der Waals surface area contributed by atoms with Crippen LogP contribution in [0.1, 0.15) is 28.4 Å². The summed E-state index contributed by atoms with van der Waals surface area (Å²) in [6.45, 7) is 1.84. The van der Waals surface area contributed by atoms with Gasteiger partial charge in [0.25, 0.3) is 5.91 Å². The number of hydrogen-bond acceptors (Lipinski definition) is 6. The number of aliphatic hydroxyl groups is 1. The van der Waals surface area contributed by atoms with Crippen LogP contribution in [0.3, 0.4) is 0 Å². The van der Waals surface area contributed by atoms with Gasteiger partial charge in [-0.2, -0.15) is 0 Å². The normalized spacial score (nSPS) is 12.0. The molecule has 0 aliphatic rings. The number of nitrogens with one attached hydrogen (secondary N) is 1. The van der Waals surface area contributed by atoms with Crippen molar-refractivity contribution in [2.24, 2.45) is 5.73 Å². The van der Waals surface area contributed by atoms with Gasteiger partial charge < -0.3 is 25.3 Å². The number of carbonyl (C=O) groups excluding carboxylic acids is 1. The van der Waals surface area contributed by atoms with Crippen molar-refractivity contribution in [3.05, 3.63) is 69.6 Å². The van der Waals surface area contributed by atoms with Crippen LogP contribution in [0.2, 0.25) is 0 Å². The van der Waals surface area contributed by atoms with Crippen molar-refractivity contribution in [1.82, 2.24) is 0 Å². The second-order valence-corrected chi connectivity index (χ2v) is 6.76. The van der Waals surface area contributed by atoms with Gasteiger partial charge in [0.15, 0.2) is 0 Å². The molecule has 0 unspecified atom stereocenters. The fourth-order valence-corrected chi connectivity index (χ4v) is 3.20. The molecule has 0 aliphatic carbocycles. The van der Waals surface area contributed by atoms with Gasteiger partial charge >= 0.3 is 5.63 Å². The van der Waals surface area contributed by atoms with Gasteiger partial charge in [-0.05, 0) is 48.7 Å². The maximum Gasteiger partial charge on any atom is 0.349 e. The van der Waals surface area contributed by atoms with E-state index in [1.54, 1.807) is 31.4 Å². The zero-order valence-corrected chi connectivity index (χ0v) is 16.4. The lowest BCUT2D eigenvalue weighted by molar-refractivity contribution is 0.102. The van der Waals surface area contributed by atoms with E-state index >= 15 is 0 Å². The minimum absolute atomic E-state index is 0.0731. The van der Waals surface area contributed by atoms with Crippen molar-refractivity contribution in [3.63, 3.8) is 0 Å². The smallest absolute Gasteiger partial charge is 0.349 e. The Balaban J connectivity index is 1.86. The number of amides is 1. The monoisotopic (exact) mass is 396 g/mol. The third-order valence-electron chi connectivity index (χ3n) is 4.72. The first-order valence-corrected chi connectivity index (χ1v) is 9.37. The number of hydrogen-bond donors (Lipinski definition) is 3. The fourth-order valence-electron chi connectivity index (χ4n) is 3.20. The number of fused-ring (bicyclic) bond motifs is 1. The number of carbonyl (C=O) groups is 1. The highest BCUT2D eigenvalue weighted by atomic mass is 16.5. The molecule has 0 radical (unpaired) electrons. The van der Waals surface area contributed by atoms with Crippen LogP contribution in [0.15, 0.2) is 51.7 Å². The summed E-state index contributed by atoms with van der Waals surface area (Å²) in [5.74, 6) is 0.0932. The van der Waals surface area contributed by atoms with Crippen molar-refractivity contribution >= 4 is 22.6 Å². The fraction of sp³-hybridized carbons (Fsp3) is 0.273. The van der Waals surface area contributed by atoms with Gasteiger partial charge in [-0.15, -0.1) is 0 Å². The second kappa shape index (κ2) is 8.89. The highest BCUT2D eigenvalue weighted by molar-refractivity contribution is 6.05. The van der Waals surface area contributed by atoms with Crippen LogP contribution in [-0.4, -0.2) is 30.8 Å². The third-order valence-corrected chi connectivity index (χ3v) is 4.72. The van der Waals surface area contributed by atoms with Gasteiger partial charge in [-0.25, -0.2) is 4.79 Å². The largest absolute Gasteiger partial charge is 0.496 e. The van der Waals surface area contributed by atoms with Gasteiger partial charge in [0.1, 0.15) is 16.9 Å². The number of rotatable bonds is 7. The van der Waals surface area contributed by atoms with Crippen molar-refractivity contribution in [3.8, 4) is 5.75 Å². The SMILES string of the molecule is CCc1c(OC)ccc2cc(C(=O)Nc3ccc(C[C@@H](N)CO)cc3)c(=O)oc12. The average Bonchev–Trinajstić information content (AvgIpc) is 2.73. The van der Waals surface area contributed by atoms with Gasteiger partial charge in [-0.1, -0.05) is 19.1 Å². The summed E-state index contributed by atoms with van der Waals surface area (Å²) in [5, 5.41) is 12.4. The average molecular weight is 396 g/mol. The first-order chi connectivity index (χ1) is 14.0. The van der Waals surface area contributed by atoms with Crippen molar-refractivity contribution in [2.45, 2.75) is 25.8 Å². The molecule has 2 aromatic carbocycles. The Morgan fingerprint density at radius 3 is 2.59 bits per heavy atom. The summed E-state index contributed by atoms with van der Waals surface area (Å²) in [4.78, 5) is 25.1. The Labute approximate surface area is 168 Å². The maximum absolute atomic E-state index is 12.6. The number of benzene rings is 2. The van der Waals surface area contributed by atoms with Crippen molar-refractivity contribution in [2.75, 3.05) is 19.0 Å². The van der Waals surface area contributed by atoms with Crippen LogP contribution in [-0.2, 0) is 12.8 Å². The molecule has 1 heterocycles. The molecular weight excluding hydrogens is 372 g/mol. The van der Waals surface area contributed by atoms with E-state index < -0.39 is 11.5 Å². The number of aliphatic hydroxyl groups excluding tert-OH is 1. The summed E-state index contributed by atoms with van der Waals surface area (Å²) in [5.41, 5.74) is 7.64. The van der Waals surface area contributed by atoms with Crippen LogP contribution in [0.25, 0.3) is 11.0 Å². The van der Waals surface area contributed by atoms with Crippen molar-refractivity contribution < 1.29 is 19.1 Å². The van der Waals surface area contributed by atoms with E-state index in [1.165, 1.54) is 6.07 Å². The molecule has 1 atom stereocenters. The lowest BCUT2D eigenvalue weighted by Crippen LogP contribution is -2.26. The summed E-state index contributed by atoms with van der Waals surface area (Å²) >= 11 is 0. The van der Waals surface area contributed by atoms with E-state index in [4.69, 9.17) is 20.0 Å². The van der Waals surface area contributed by atoms with E-state index in [-0.39, 0.29) is 18.2 Å². The first-order valence-electron chi connectivity index (χ1n) is 9.37. The first kappa shape index (κ1) is 20.6. The quantitative estimate of drug-likeness (QED) is 0.529. The van der Waals surface area contributed by atoms with Gasteiger partial charge in [-0.3, -0.25) is 4.79 Å². The molecule has 3 aromatic rings. The highest BCUT2D eigenvalue weighted by Crippen LogP contribution is 2.28. The van der Waals surface area contributed by atoms with E-state index in [1.807, 2.05) is 19.1 Å². The molecule has 7 nitrogen and oxygen atoms in total.